The van der Waals surface area contributed by atoms with Gasteiger partial charge in [0.2, 0.25) is 0 Å². The number of alkyl halides is 3. The van der Waals surface area contributed by atoms with E-state index >= 15 is 0 Å². The first-order chi connectivity index (χ1) is 5.11. The molecule has 2 aliphatic rings. The Labute approximate surface area is 63.0 Å². The third kappa shape index (κ3) is 1.13. The van der Waals surface area contributed by atoms with Crippen LogP contribution in [0.4, 0.5) is 13.2 Å². The Morgan fingerprint density at radius 2 is 2.00 bits per heavy atom. The van der Waals surface area contributed by atoms with Crippen LogP contribution in [-0.2, 0) is 0 Å². The molecule has 1 N–H and O–H groups in total. The molecule has 0 spiro atoms. The van der Waals surface area contributed by atoms with Gasteiger partial charge in [-0.1, -0.05) is 0 Å². The summed E-state index contributed by atoms with van der Waals surface area (Å²) in [4.78, 5) is 0. The summed E-state index contributed by atoms with van der Waals surface area (Å²) in [5.74, 6) is -1.14. The van der Waals surface area contributed by atoms with Gasteiger partial charge in [0.05, 0.1) is 5.92 Å². The van der Waals surface area contributed by atoms with Crippen LogP contribution < -0.4 is 5.32 Å². The molecular weight excluding hydrogens is 155 g/mol. The molecule has 1 saturated heterocycles. The number of fused-ring (bicyclic) bond motifs is 1. The van der Waals surface area contributed by atoms with E-state index in [1.165, 1.54) is 0 Å². The number of hydrogen-bond acceptors (Lipinski definition) is 1. The molecular formula is C7H10F3N. The average molecular weight is 165 g/mol. The number of nitrogens with one attached hydrogen (secondary N) is 1. The lowest BCUT2D eigenvalue weighted by Gasteiger charge is -2.07. The van der Waals surface area contributed by atoms with E-state index in [1.807, 2.05) is 0 Å². The van der Waals surface area contributed by atoms with E-state index in [4.69, 9.17) is 0 Å². The molecule has 1 aliphatic heterocycles. The number of halogens is 3. The van der Waals surface area contributed by atoms with Crippen molar-refractivity contribution in [1.82, 2.24) is 5.32 Å². The summed E-state index contributed by atoms with van der Waals surface area (Å²) in [6.45, 7) is 0.758. The van der Waals surface area contributed by atoms with Gasteiger partial charge in [0.25, 0.3) is 0 Å². The van der Waals surface area contributed by atoms with Gasteiger partial charge in [-0.15, -0.1) is 0 Å². The predicted molar refractivity (Wildman–Crippen MR) is 34.1 cm³/mol. The Morgan fingerprint density at radius 1 is 1.27 bits per heavy atom. The molecule has 0 bridgehead atoms. The molecule has 3 atom stereocenters. The van der Waals surface area contributed by atoms with Crippen LogP contribution in [-0.4, -0.2) is 18.8 Å². The van der Waals surface area contributed by atoms with Crippen LogP contribution in [0.25, 0.3) is 0 Å². The van der Waals surface area contributed by atoms with Crippen LogP contribution in [0.15, 0.2) is 0 Å². The summed E-state index contributed by atoms with van der Waals surface area (Å²) in [6.07, 6.45) is -2.32. The lowest BCUT2D eigenvalue weighted by atomic mass is 10.1. The summed E-state index contributed by atoms with van der Waals surface area (Å²) in [7, 11) is 0. The van der Waals surface area contributed by atoms with Crippen molar-refractivity contribution in [1.29, 1.82) is 0 Å². The highest BCUT2D eigenvalue weighted by molar-refractivity contribution is 5.08. The second kappa shape index (κ2) is 2.12. The lowest BCUT2D eigenvalue weighted by molar-refractivity contribution is -0.152. The third-order valence-corrected chi connectivity index (χ3v) is 2.64. The van der Waals surface area contributed by atoms with Crippen LogP contribution in [0.5, 0.6) is 0 Å². The zero-order valence-electron chi connectivity index (χ0n) is 5.99. The molecule has 1 heterocycles. The fourth-order valence-corrected chi connectivity index (χ4v) is 2.06. The molecule has 0 amide bonds. The van der Waals surface area contributed by atoms with E-state index < -0.39 is 12.1 Å². The maximum absolute atomic E-state index is 12.1. The van der Waals surface area contributed by atoms with E-state index in [1.54, 1.807) is 0 Å². The maximum Gasteiger partial charge on any atom is 0.393 e. The van der Waals surface area contributed by atoms with E-state index in [2.05, 4.69) is 5.32 Å². The fourth-order valence-electron chi connectivity index (χ4n) is 2.06. The molecule has 0 aromatic rings. The van der Waals surface area contributed by atoms with Gasteiger partial charge in [0, 0.05) is 6.04 Å². The minimum absolute atomic E-state index is 0.108. The predicted octanol–water partition coefficient (Wildman–Crippen LogP) is 1.55. The average Bonchev–Trinajstić information content (AvgIpc) is 2.58. The van der Waals surface area contributed by atoms with Gasteiger partial charge in [0.1, 0.15) is 0 Å². The monoisotopic (exact) mass is 165 g/mol. The smallest absolute Gasteiger partial charge is 0.313 e. The van der Waals surface area contributed by atoms with Gasteiger partial charge in [0.15, 0.2) is 0 Å². The first-order valence-electron chi connectivity index (χ1n) is 3.91. The van der Waals surface area contributed by atoms with E-state index in [-0.39, 0.29) is 12.0 Å². The van der Waals surface area contributed by atoms with Gasteiger partial charge in [-0.3, -0.25) is 0 Å². The Morgan fingerprint density at radius 3 is 2.45 bits per heavy atom. The number of rotatable bonds is 0. The Bertz CT molecular complexity index is 154. The molecule has 1 saturated carbocycles. The number of hydrogen-bond donors (Lipinski definition) is 1. The second-order valence-corrected chi connectivity index (χ2v) is 3.35. The fraction of sp³-hybridized carbons (Fsp3) is 1.00. The largest absolute Gasteiger partial charge is 0.393 e. The molecule has 1 aliphatic carbocycles. The molecule has 4 heteroatoms. The Kier molecular flexibility index (Phi) is 1.43. The standard InChI is InChI=1S/C7H10F3N/c8-7(9,10)5-4-2-1-3-11-6(4)5/h4-6,11H,1-3H2/t4-,5-,6+/m1/s1. The molecule has 2 fully saturated rings. The van der Waals surface area contributed by atoms with Crippen molar-refractivity contribution in [3.05, 3.63) is 0 Å². The van der Waals surface area contributed by atoms with Crippen LogP contribution in [0.2, 0.25) is 0 Å². The van der Waals surface area contributed by atoms with Crippen LogP contribution >= 0.6 is 0 Å². The molecule has 2 rings (SSSR count). The lowest BCUT2D eigenvalue weighted by Crippen LogP contribution is -2.26. The number of piperidine rings is 1. The van der Waals surface area contributed by atoms with Crippen molar-refractivity contribution < 1.29 is 13.2 Å². The highest BCUT2D eigenvalue weighted by atomic mass is 19.4. The summed E-state index contributed by atoms with van der Waals surface area (Å²) < 4.78 is 36.3. The highest BCUT2D eigenvalue weighted by Crippen LogP contribution is 2.53. The normalized spacial score (nSPS) is 43.4. The van der Waals surface area contributed by atoms with E-state index in [0.717, 1.165) is 19.4 Å². The molecule has 1 nitrogen and oxygen atoms in total. The van der Waals surface area contributed by atoms with Gasteiger partial charge >= 0.3 is 6.18 Å². The van der Waals surface area contributed by atoms with Crippen molar-refractivity contribution in [2.45, 2.75) is 25.1 Å². The quantitative estimate of drug-likeness (QED) is 0.574. The van der Waals surface area contributed by atoms with Crippen LogP contribution in [0.3, 0.4) is 0 Å². The van der Waals surface area contributed by atoms with E-state index in [0.29, 0.717) is 0 Å². The molecule has 0 aromatic heterocycles. The molecule has 0 aromatic carbocycles. The second-order valence-electron chi connectivity index (χ2n) is 3.35. The van der Waals surface area contributed by atoms with Crippen molar-refractivity contribution in [2.75, 3.05) is 6.54 Å². The van der Waals surface area contributed by atoms with Gasteiger partial charge < -0.3 is 5.32 Å². The Hall–Kier alpha value is -0.250. The molecule has 0 radical (unpaired) electrons. The summed E-state index contributed by atoms with van der Waals surface area (Å²) in [6, 6.07) is -0.247. The SMILES string of the molecule is FC(F)(F)[C@@H]1[C@H]2CCCN[C@@H]21. The van der Waals surface area contributed by atoms with Gasteiger partial charge in [-0.25, -0.2) is 0 Å². The Balaban J connectivity index is 2.00. The highest BCUT2D eigenvalue weighted by Gasteiger charge is 2.64. The van der Waals surface area contributed by atoms with Gasteiger partial charge in [-0.05, 0) is 25.3 Å². The van der Waals surface area contributed by atoms with Crippen molar-refractivity contribution in [3.8, 4) is 0 Å². The maximum atomic E-state index is 12.1. The third-order valence-electron chi connectivity index (χ3n) is 2.64. The summed E-state index contributed by atoms with van der Waals surface area (Å²) in [5, 5.41) is 2.89. The first-order valence-corrected chi connectivity index (χ1v) is 3.91. The minimum Gasteiger partial charge on any atom is -0.313 e. The zero-order chi connectivity index (χ0) is 8.06. The first kappa shape index (κ1) is 7.40. The zero-order valence-corrected chi connectivity index (χ0v) is 5.99. The molecule has 64 valence electrons. The topological polar surface area (TPSA) is 12.0 Å². The molecule has 0 unspecified atom stereocenters. The minimum atomic E-state index is -3.97. The van der Waals surface area contributed by atoms with Crippen LogP contribution in [0.1, 0.15) is 12.8 Å². The van der Waals surface area contributed by atoms with E-state index in [9.17, 15) is 13.2 Å². The van der Waals surface area contributed by atoms with Crippen molar-refractivity contribution in [2.24, 2.45) is 11.8 Å². The summed E-state index contributed by atoms with van der Waals surface area (Å²) in [5.41, 5.74) is 0. The van der Waals surface area contributed by atoms with Gasteiger partial charge in [-0.2, -0.15) is 13.2 Å². The van der Waals surface area contributed by atoms with Crippen molar-refractivity contribution >= 4 is 0 Å². The molecule has 11 heavy (non-hydrogen) atoms. The van der Waals surface area contributed by atoms with Crippen LogP contribution in [0, 0.1) is 11.8 Å². The van der Waals surface area contributed by atoms with Crippen molar-refractivity contribution in [3.63, 3.8) is 0 Å². The summed E-state index contributed by atoms with van der Waals surface area (Å²) >= 11 is 0.